The molecule has 2 aromatic heterocycles. The molecule has 90 valence electrons. The average molecular weight is 234 g/mol. The van der Waals surface area contributed by atoms with Crippen LogP contribution in [0, 0.1) is 5.41 Å². The SMILES string of the molecule is Cn1cnc2c(=O)[nH]c(=O)n(CC3(C)CC3)c21. The van der Waals surface area contributed by atoms with Gasteiger partial charge >= 0.3 is 5.69 Å². The maximum Gasteiger partial charge on any atom is 0.330 e. The summed E-state index contributed by atoms with van der Waals surface area (Å²) < 4.78 is 3.34. The van der Waals surface area contributed by atoms with E-state index in [0.717, 1.165) is 12.8 Å². The molecule has 0 unspecified atom stereocenters. The van der Waals surface area contributed by atoms with E-state index in [1.165, 1.54) is 0 Å². The molecule has 0 amide bonds. The van der Waals surface area contributed by atoms with Gasteiger partial charge in [-0.25, -0.2) is 9.78 Å². The van der Waals surface area contributed by atoms with Gasteiger partial charge in [-0.3, -0.25) is 14.3 Å². The highest BCUT2D eigenvalue weighted by molar-refractivity contribution is 5.69. The molecule has 17 heavy (non-hydrogen) atoms. The van der Waals surface area contributed by atoms with Crippen LogP contribution in [0.25, 0.3) is 11.2 Å². The largest absolute Gasteiger partial charge is 0.330 e. The molecule has 0 atom stereocenters. The van der Waals surface area contributed by atoms with Crippen molar-refractivity contribution in [2.75, 3.05) is 0 Å². The third kappa shape index (κ3) is 1.51. The van der Waals surface area contributed by atoms with Crippen LogP contribution in [0.3, 0.4) is 0 Å². The monoisotopic (exact) mass is 234 g/mol. The molecule has 0 spiro atoms. The minimum atomic E-state index is -0.414. The third-order valence-corrected chi connectivity index (χ3v) is 3.49. The van der Waals surface area contributed by atoms with Gasteiger partial charge < -0.3 is 4.57 Å². The van der Waals surface area contributed by atoms with Crippen LogP contribution in [0.5, 0.6) is 0 Å². The molecule has 2 heterocycles. The van der Waals surface area contributed by atoms with Crippen LogP contribution in [-0.4, -0.2) is 19.1 Å². The van der Waals surface area contributed by atoms with Crippen molar-refractivity contribution in [3.8, 4) is 0 Å². The van der Waals surface area contributed by atoms with Crippen molar-refractivity contribution in [3.63, 3.8) is 0 Å². The molecule has 1 saturated carbocycles. The number of aromatic nitrogens is 4. The van der Waals surface area contributed by atoms with Crippen molar-refractivity contribution in [2.24, 2.45) is 12.5 Å². The first-order valence-electron chi connectivity index (χ1n) is 5.64. The molecule has 2 aromatic rings. The summed E-state index contributed by atoms with van der Waals surface area (Å²) in [7, 11) is 1.79. The van der Waals surface area contributed by atoms with Crippen LogP contribution in [0.2, 0.25) is 0 Å². The number of H-pyrrole nitrogens is 1. The van der Waals surface area contributed by atoms with E-state index in [1.807, 2.05) is 0 Å². The van der Waals surface area contributed by atoms with Crippen LogP contribution in [0.15, 0.2) is 15.9 Å². The first-order chi connectivity index (χ1) is 8.00. The number of imidazole rings is 1. The lowest BCUT2D eigenvalue weighted by Crippen LogP contribution is -2.32. The zero-order chi connectivity index (χ0) is 12.2. The molecule has 6 heteroatoms. The van der Waals surface area contributed by atoms with Crippen LogP contribution >= 0.6 is 0 Å². The second kappa shape index (κ2) is 3.09. The summed E-state index contributed by atoms with van der Waals surface area (Å²) in [5.41, 5.74) is 0.365. The summed E-state index contributed by atoms with van der Waals surface area (Å²) in [6, 6.07) is 0. The van der Waals surface area contributed by atoms with Crippen molar-refractivity contribution in [1.29, 1.82) is 0 Å². The van der Waals surface area contributed by atoms with Gasteiger partial charge in [0.2, 0.25) is 0 Å². The molecule has 1 fully saturated rings. The van der Waals surface area contributed by atoms with Crippen LogP contribution < -0.4 is 11.2 Å². The Labute approximate surface area is 96.9 Å². The number of aryl methyl sites for hydroxylation is 1. The summed E-state index contributed by atoms with van der Waals surface area (Å²) >= 11 is 0. The van der Waals surface area contributed by atoms with Crippen molar-refractivity contribution >= 4 is 11.2 Å². The molecule has 0 bridgehead atoms. The highest BCUT2D eigenvalue weighted by atomic mass is 16.2. The Morgan fingerprint density at radius 2 is 2.18 bits per heavy atom. The van der Waals surface area contributed by atoms with Gasteiger partial charge in [0.25, 0.3) is 5.56 Å². The van der Waals surface area contributed by atoms with Gasteiger partial charge in [-0.15, -0.1) is 0 Å². The number of rotatable bonds is 2. The number of fused-ring (bicyclic) bond motifs is 1. The molecule has 0 aromatic carbocycles. The zero-order valence-electron chi connectivity index (χ0n) is 9.86. The van der Waals surface area contributed by atoms with Gasteiger partial charge in [-0.2, -0.15) is 0 Å². The Morgan fingerprint density at radius 3 is 2.82 bits per heavy atom. The second-order valence-corrected chi connectivity index (χ2v) is 5.18. The number of hydrogen-bond donors (Lipinski definition) is 1. The van der Waals surface area contributed by atoms with Crippen molar-refractivity contribution in [2.45, 2.75) is 26.3 Å². The lowest BCUT2D eigenvalue weighted by atomic mass is 10.1. The normalized spacial score (nSPS) is 17.5. The van der Waals surface area contributed by atoms with Crippen molar-refractivity contribution < 1.29 is 0 Å². The van der Waals surface area contributed by atoms with Gasteiger partial charge in [0.15, 0.2) is 5.52 Å². The lowest BCUT2D eigenvalue weighted by molar-refractivity contribution is 0.455. The van der Waals surface area contributed by atoms with E-state index in [1.54, 1.807) is 22.5 Å². The first kappa shape index (κ1) is 10.3. The first-order valence-corrected chi connectivity index (χ1v) is 5.64. The fourth-order valence-corrected chi connectivity index (χ4v) is 2.12. The van der Waals surface area contributed by atoms with E-state index in [4.69, 9.17) is 0 Å². The highest BCUT2D eigenvalue weighted by Crippen LogP contribution is 2.46. The average Bonchev–Trinajstić information content (AvgIpc) is 2.85. The summed E-state index contributed by atoms with van der Waals surface area (Å²) in [6.07, 6.45) is 3.81. The number of nitrogens with one attached hydrogen (secondary N) is 1. The van der Waals surface area contributed by atoms with E-state index in [2.05, 4.69) is 16.9 Å². The Kier molecular flexibility index (Phi) is 1.87. The predicted octanol–water partition coefficient (Wildman–Crippen LogP) is 0.223. The Bertz CT molecular complexity index is 702. The summed E-state index contributed by atoms with van der Waals surface area (Å²) in [6.45, 7) is 2.78. The standard InChI is InChI=1S/C11H14N4O2/c1-11(3-4-11)5-15-9-7(12-6-14(9)2)8(16)13-10(15)17/h6H,3-5H2,1-2H3,(H,13,16,17). The molecule has 0 aliphatic heterocycles. The fraction of sp³-hybridized carbons (Fsp3) is 0.545. The van der Waals surface area contributed by atoms with Crippen molar-refractivity contribution in [3.05, 3.63) is 27.2 Å². The predicted molar refractivity (Wildman–Crippen MR) is 62.9 cm³/mol. The van der Waals surface area contributed by atoms with Crippen LogP contribution in [0.4, 0.5) is 0 Å². The minimum absolute atomic E-state index is 0.194. The maximum absolute atomic E-state index is 11.9. The van der Waals surface area contributed by atoms with Crippen LogP contribution in [-0.2, 0) is 13.6 Å². The fourth-order valence-electron chi connectivity index (χ4n) is 2.12. The second-order valence-electron chi connectivity index (χ2n) is 5.18. The molecule has 0 saturated heterocycles. The summed E-state index contributed by atoms with van der Waals surface area (Å²) in [5, 5.41) is 0. The van der Waals surface area contributed by atoms with Gasteiger partial charge in [-0.1, -0.05) is 6.92 Å². The molecular weight excluding hydrogens is 220 g/mol. The Morgan fingerprint density at radius 1 is 1.47 bits per heavy atom. The van der Waals surface area contributed by atoms with Gasteiger partial charge in [0, 0.05) is 13.6 Å². The van der Waals surface area contributed by atoms with Gasteiger partial charge in [0.1, 0.15) is 5.65 Å². The number of aromatic amines is 1. The lowest BCUT2D eigenvalue weighted by Gasteiger charge is -2.12. The smallest absolute Gasteiger partial charge is 0.320 e. The molecular formula is C11H14N4O2. The van der Waals surface area contributed by atoms with Crippen molar-refractivity contribution in [1.82, 2.24) is 19.1 Å². The molecule has 0 radical (unpaired) electrons. The molecule has 1 aliphatic rings. The van der Waals surface area contributed by atoms with E-state index >= 15 is 0 Å². The number of hydrogen-bond acceptors (Lipinski definition) is 3. The highest BCUT2D eigenvalue weighted by Gasteiger charge is 2.38. The van der Waals surface area contributed by atoms with Gasteiger partial charge in [0.05, 0.1) is 6.33 Å². The molecule has 1 aliphatic carbocycles. The Hall–Kier alpha value is -1.85. The Balaban J connectivity index is 2.31. The zero-order valence-corrected chi connectivity index (χ0v) is 9.86. The molecule has 1 N–H and O–H groups in total. The van der Waals surface area contributed by atoms with E-state index in [9.17, 15) is 9.59 Å². The quantitative estimate of drug-likeness (QED) is 0.808. The summed E-state index contributed by atoms with van der Waals surface area (Å²) in [4.78, 5) is 29.8. The maximum atomic E-state index is 11.9. The van der Waals surface area contributed by atoms with Gasteiger partial charge in [-0.05, 0) is 18.3 Å². The van der Waals surface area contributed by atoms with E-state index in [0.29, 0.717) is 17.7 Å². The summed E-state index contributed by atoms with van der Waals surface area (Å²) in [5.74, 6) is 0. The van der Waals surface area contributed by atoms with Crippen LogP contribution in [0.1, 0.15) is 19.8 Å². The number of nitrogens with zero attached hydrogens (tertiary/aromatic N) is 3. The van der Waals surface area contributed by atoms with E-state index < -0.39 is 5.56 Å². The van der Waals surface area contributed by atoms with E-state index in [-0.39, 0.29) is 11.1 Å². The topological polar surface area (TPSA) is 72.7 Å². The third-order valence-electron chi connectivity index (χ3n) is 3.49. The molecule has 6 nitrogen and oxygen atoms in total. The molecule has 3 rings (SSSR count). The minimum Gasteiger partial charge on any atom is -0.320 e.